The summed E-state index contributed by atoms with van der Waals surface area (Å²) in [5.41, 5.74) is 5.42. The molecule has 0 unspecified atom stereocenters. The second kappa shape index (κ2) is 5.73. The molecule has 1 heterocycles. The van der Waals surface area contributed by atoms with E-state index in [9.17, 15) is 4.79 Å². The molecule has 1 amide bonds. The van der Waals surface area contributed by atoms with Crippen LogP contribution in [0.3, 0.4) is 0 Å². The van der Waals surface area contributed by atoms with Gasteiger partial charge >= 0.3 is 0 Å². The van der Waals surface area contributed by atoms with E-state index < -0.39 is 5.54 Å². The summed E-state index contributed by atoms with van der Waals surface area (Å²) >= 11 is 6.74. The summed E-state index contributed by atoms with van der Waals surface area (Å²) in [5.74, 6) is -0.0640. The summed E-state index contributed by atoms with van der Waals surface area (Å²) in [6, 6.07) is 9.95. The second-order valence-electron chi connectivity index (χ2n) is 5.61. The van der Waals surface area contributed by atoms with Crippen LogP contribution >= 0.6 is 23.6 Å². The highest BCUT2D eigenvalue weighted by Gasteiger charge is 2.36. The summed E-state index contributed by atoms with van der Waals surface area (Å²) in [6.07, 6.45) is 5.00. The van der Waals surface area contributed by atoms with Gasteiger partial charge in [-0.15, -0.1) is 11.3 Å². The van der Waals surface area contributed by atoms with E-state index in [1.807, 2.05) is 30.3 Å². The maximum Gasteiger partial charge on any atom is 0.262 e. The van der Waals surface area contributed by atoms with Crippen LogP contribution in [0.5, 0.6) is 0 Å². The topological polar surface area (TPSA) is 55.1 Å². The van der Waals surface area contributed by atoms with Gasteiger partial charge in [-0.1, -0.05) is 49.7 Å². The number of rotatable bonds is 3. The highest BCUT2D eigenvalue weighted by atomic mass is 32.1. The van der Waals surface area contributed by atoms with Gasteiger partial charge < -0.3 is 11.1 Å². The van der Waals surface area contributed by atoms with Crippen LogP contribution in [0.2, 0.25) is 0 Å². The molecule has 1 aromatic carbocycles. The normalized spacial score (nSPS) is 17.5. The monoisotopic (exact) mass is 318 g/mol. The van der Waals surface area contributed by atoms with E-state index in [1.54, 1.807) is 0 Å². The highest BCUT2D eigenvalue weighted by Crippen LogP contribution is 2.30. The van der Waals surface area contributed by atoms with Gasteiger partial charge in [0.05, 0.1) is 15.4 Å². The van der Waals surface area contributed by atoms with Crippen LogP contribution in [0, 0.1) is 0 Å². The molecule has 3 N–H and O–H groups in total. The van der Waals surface area contributed by atoms with Gasteiger partial charge in [0, 0.05) is 4.70 Å². The third-order valence-corrected chi connectivity index (χ3v) is 5.69. The van der Waals surface area contributed by atoms with Gasteiger partial charge in [-0.25, -0.2) is 0 Å². The average molecular weight is 318 g/mol. The standard InChI is InChI=1S/C16H18N2OS2/c17-15(20)16(8-4-1-5-9-16)18-14(19)13-10-11-6-2-3-7-12(11)21-13/h2-3,6-7,10H,1,4-5,8-9H2,(H2,17,20)(H,18,19). The molecule has 2 aromatic rings. The van der Waals surface area contributed by atoms with E-state index in [0.717, 1.165) is 40.6 Å². The summed E-state index contributed by atoms with van der Waals surface area (Å²) in [4.78, 5) is 13.7. The van der Waals surface area contributed by atoms with Gasteiger partial charge in [-0.05, 0) is 30.4 Å². The van der Waals surface area contributed by atoms with Crippen molar-refractivity contribution in [2.45, 2.75) is 37.6 Å². The molecule has 3 rings (SSSR count). The number of carbonyl (C=O) groups is 1. The zero-order valence-electron chi connectivity index (χ0n) is 11.7. The smallest absolute Gasteiger partial charge is 0.262 e. The molecule has 0 saturated heterocycles. The predicted octanol–water partition coefficient (Wildman–Crippen LogP) is 3.62. The van der Waals surface area contributed by atoms with E-state index in [2.05, 4.69) is 5.32 Å². The third kappa shape index (κ3) is 2.80. The number of thiocarbonyl (C=S) groups is 1. The first-order chi connectivity index (χ1) is 10.1. The molecule has 0 atom stereocenters. The minimum Gasteiger partial charge on any atom is -0.391 e. The van der Waals surface area contributed by atoms with Gasteiger partial charge in [0.15, 0.2) is 0 Å². The molecule has 1 saturated carbocycles. The Bertz CT molecular complexity index is 653. The van der Waals surface area contributed by atoms with Crippen LogP contribution in [0.4, 0.5) is 0 Å². The summed E-state index contributed by atoms with van der Waals surface area (Å²) in [7, 11) is 0. The molecule has 0 spiro atoms. The Morgan fingerprint density at radius 2 is 1.95 bits per heavy atom. The summed E-state index contributed by atoms with van der Waals surface area (Å²) in [5, 5.41) is 4.21. The molecule has 110 valence electrons. The largest absolute Gasteiger partial charge is 0.391 e. The number of thiophene rings is 1. The number of fused-ring (bicyclic) bond motifs is 1. The van der Waals surface area contributed by atoms with Crippen molar-refractivity contribution in [1.29, 1.82) is 0 Å². The summed E-state index contributed by atoms with van der Waals surface area (Å²) < 4.78 is 1.12. The van der Waals surface area contributed by atoms with Crippen molar-refractivity contribution in [3.8, 4) is 0 Å². The quantitative estimate of drug-likeness (QED) is 0.850. The Morgan fingerprint density at radius 1 is 1.24 bits per heavy atom. The van der Waals surface area contributed by atoms with Crippen LogP contribution in [-0.4, -0.2) is 16.4 Å². The lowest BCUT2D eigenvalue weighted by Crippen LogP contribution is -2.57. The average Bonchev–Trinajstić information content (AvgIpc) is 2.92. The number of nitrogens with two attached hydrogens (primary N) is 1. The SMILES string of the molecule is NC(=S)C1(NC(=O)c2cc3ccccc3s2)CCCCC1. The van der Waals surface area contributed by atoms with Crippen molar-refractivity contribution in [2.75, 3.05) is 0 Å². The van der Waals surface area contributed by atoms with Crippen molar-refractivity contribution in [1.82, 2.24) is 5.32 Å². The van der Waals surface area contributed by atoms with Crippen LogP contribution in [0.15, 0.2) is 30.3 Å². The van der Waals surface area contributed by atoms with Crippen molar-refractivity contribution >= 4 is 44.5 Å². The van der Waals surface area contributed by atoms with E-state index in [-0.39, 0.29) is 5.91 Å². The number of amides is 1. The molecule has 5 heteroatoms. The van der Waals surface area contributed by atoms with Gasteiger partial charge in [-0.3, -0.25) is 4.79 Å². The summed E-state index contributed by atoms with van der Waals surface area (Å²) in [6.45, 7) is 0. The van der Waals surface area contributed by atoms with E-state index >= 15 is 0 Å². The molecule has 1 aliphatic carbocycles. The minimum atomic E-state index is -0.499. The van der Waals surface area contributed by atoms with Gasteiger partial charge in [0.2, 0.25) is 0 Å². The van der Waals surface area contributed by atoms with E-state index in [4.69, 9.17) is 18.0 Å². The number of hydrogen-bond donors (Lipinski definition) is 2. The first-order valence-corrected chi connectivity index (χ1v) is 8.44. The molecule has 3 nitrogen and oxygen atoms in total. The van der Waals surface area contributed by atoms with Gasteiger partial charge in [0.25, 0.3) is 5.91 Å². The number of benzene rings is 1. The lowest BCUT2D eigenvalue weighted by atomic mass is 9.81. The molecule has 1 aromatic heterocycles. The molecule has 0 radical (unpaired) electrons. The Balaban J connectivity index is 1.85. The predicted molar refractivity (Wildman–Crippen MR) is 91.9 cm³/mol. The van der Waals surface area contributed by atoms with Gasteiger partial charge in [-0.2, -0.15) is 0 Å². The zero-order valence-corrected chi connectivity index (χ0v) is 13.4. The van der Waals surface area contributed by atoms with Crippen molar-refractivity contribution in [3.05, 3.63) is 35.2 Å². The minimum absolute atomic E-state index is 0.0640. The molecule has 0 bridgehead atoms. The first-order valence-electron chi connectivity index (χ1n) is 7.22. The fourth-order valence-corrected chi connectivity index (χ4v) is 4.17. The first kappa shape index (κ1) is 14.5. The third-order valence-electron chi connectivity index (χ3n) is 4.18. The van der Waals surface area contributed by atoms with Crippen LogP contribution in [0.25, 0.3) is 10.1 Å². The molecular formula is C16H18N2OS2. The Kier molecular flexibility index (Phi) is 3.95. The fraction of sp³-hybridized carbons (Fsp3) is 0.375. The second-order valence-corrected chi connectivity index (χ2v) is 7.13. The van der Waals surface area contributed by atoms with Crippen LogP contribution in [-0.2, 0) is 0 Å². The highest BCUT2D eigenvalue weighted by molar-refractivity contribution is 7.80. The van der Waals surface area contributed by atoms with E-state index in [0.29, 0.717) is 4.99 Å². The van der Waals surface area contributed by atoms with Crippen molar-refractivity contribution in [2.24, 2.45) is 5.73 Å². The Morgan fingerprint density at radius 3 is 2.62 bits per heavy atom. The molecule has 0 aliphatic heterocycles. The van der Waals surface area contributed by atoms with Crippen molar-refractivity contribution in [3.63, 3.8) is 0 Å². The number of nitrogens with one attached hydrogen (secondary N) is 1. The number of carbonyl (C=O) groups excluding carboxylic acids is 1. The van der Waals surface area contributed by atoms with Crippen LogP contribution < -0.4 is 11.1 Å². The van der Waals surface area contributed by atoms with Crippen molar-refractivity contribution < 1.29 is 4.79 Å². The fourth-order valence-electron chi connectivity index (χ4n) is 2.96. The maximum absolute atomic E-state index is 12.6. The zero-order chi connectivity index (χ0) is 14.9. The Hall–Kier alpha value is -1.46. The number of hydrogen-bond acceptors (Lipinski definition) is 3. The Labute approximate surface area is 133 Å². The molecular weight excluding hydrogens is 300 g/mol. The lowest BCUT2D eigenvalue weighted by Gasteiger charge is -2.37. The molecule has 21 heavy (non-hydrogen) atoms. The lowest BCUT2D eigenvalue weighted by molar-refractivity contribution is 0.0912. The van der Waals surface area contributed by atoms with E-state index in [1.165, 1.54) is 17.8 Å². The van der Waals surface area contributed by atoms with Gasteiger partial charge in [0.1, 0.15) is 0 Å². The molecule has 1 aliphatic rings. The molecule has 1 fully saturated rings. The van der Waals surface area contributed by atoms with Crippen LogP contribution in [0.1, 0.15) is 41.8 Å². The maximum atomic E-state index is 12.6.